The molecule has 146 valence electrons. The molecule has 0 saturated carbocycles. The Hall–Kier alpha value is -3.36. The Balaban J connectivity index is 1.65. The minimum Gasteiger partial charge on any atom is -0.404 e. The molecule has 0 atom stereocenters. The van der Waals surface area contributed by atoms with Crippen molar-refractivity contribution in [3.8, 4) is 5.75 Å². The number of imide groups is 1. The highest BCUT2D eigenvalue weighted by Crippen LogP contribution is 2.30. The summed E-state index contributed by atoms with van der Waals surface area (Å²) in [6.45, 7) is 1.59. The van der Waals surface area contributed by atoms with Gasteiger partial charge in [-0.1, -0.05) is 23.8 Å². The van der Waals surface area contributed by atoms with Gasteiger partial charge in [0.15, 0.2) is 5.75 Å². The third kappa shape index (κ3) is 4.13. The Kier molecular flexibility index (Phi) is 5.08. The van der Waals surface area contributed by atoms with E-state index < -0.39 is 29.8 Å². The third-order valence-electron chi connectivity index (χ3n) is 4.08. The van der Waals surface area contributed by atoms with Gasteiger partial charge >= 0.3 is 6.36 Å². The van der Waals surface area contributed by atoms with Crippen LogP contribution in [0.4, 0.5) is 18.9 Å². The first-order chi connectivity index (χ1) is 13.2. The number of carbonyl (C=O) groups is 3. The van der Waals surface area contributed by atoms with Crippen LogP contribution < -0.4 is 10.1 Å². The van der Waals surface area contributed by atoms with Gasteiger partial charge in [0.25, 0.3) is 11.8 Å². The van der Waals surface area contributed by atoms with Crippen LogP contribution in [-0.2, 0) is 4.79 Å². The SMILES string of the molecule is Cc1ccc2c(c1)C(=O)N(CCC(=O)Nc1ccccc1OC(F)(F)F)C2=O. The fourth-order valence-electron chi connectivity index (χ4n) is 2.82. The number of hydrogen-bond acceptors (Lipinski definition) is 4. The van der Waals surface area contributed by atoms with Crippen molar-refractivity contribution in [2.75, 3.05) is 11.9 Å². The molecule has 0 fully saturated rings. The molecule has 2 aromatic rings. The summed E-state index contributed by atoms with van der Waals surface area (Å²) in [6.07, 6.45) is -5.18. The first kappa shape index (κ1) is 19.4. The van der Waals surface area contributed by atoms with Crippen molar-refractivity contribution < 1.29 is 32.3 Å². The van der Waals surface area contributed by atoms with E-state index in [1.165, 1.54) is 18.2 Å². The zero-order chi connectivity index (χ0) is 20.5. The van der Waals surface area contributed by atoms with Gasteiger partial charge in [0.2, 0.25) is 5.91 Å². The standard InChI is InChI=1S/C19H15F3N2O4/c1-11-6-7-12-13(10-11)18(27)24(17(12)26)9-8-16(25)23-14-4-2-3-5-15(14)28-19(20,21)22/h2-7,10H,8-9H2,1H3,(H,23,25). The predicted molar refractivity (Wildman–Crippen MR) is 92.9 cm³/mol. The molecule has 0 spiro atoms. The maximum absolute atomic E-state index is 12.4. The van der Waals surface area contributed by atoms with E-state index >= 15 is 0 Å². The highest BCUT2D eigenvalue weighted by atomic mass is 19.4. The molecule has 9 heteroatoms. The van der Waals surface area contributed by atoms with Crippen LogP contribution in [0.25, 0.3) is 0 Å². The number of anilines is 1. The van der Waals surface area contributed by atoms with Crippen LogP contribution in [-0.4, -0.2) is 35.5 Å². The van der Waals surface area contributed by atoms with Gasteiger partial charge < -0.3 is 10.1 Å². The lowest BCUT2D eigenvalue weighted by atomic mass is 10.1. The van der Waals surface area contributed by atoms with Crippen LogP contribution in [0.15, 0.2) is 42.5 Å². The first-order valence-electron chi connectivity index (χ1n) is 8.27. The van der Waals surface area contributed by atoms with E-state index in [-0.39, 0.29) is 29.8 Å². The molecular formula is C19H15F3N2O4. The lowest BCUT2D eigenvalue weighted by Crippen LogP contribution is -2.33. The minimum absolute atomic E-state index is 0.164. The molecule has 0 aliphatic carbocycles. The molecule has 1 aliphatic rings. The molecule has 3 amide bonds. The van der Waals surface area contributed by atoms with E-state index in [9.17, 15) is 27.6 Å². The Morgan fingerprint density at radius 1 is 1.07 bits per heavy atom. The molecule has 1 N–H and O–H groups in total. The second-order valence-electron chi connectivity index (χ2n) is 6.15. The van der Waals surface area contributed by atoms with Crippen molar-refractivity contribution >= 4 is 23.4 Å². The molecule has 0 unspecified atom stereocenters. The fraction of sp³-hybridized carbons (Fsp3) is 0.211. The molecule has 1 heterocycles. The second-order valence-corrected chi connectivity index (χ2v) is 6.15. The van der Waals surface area contributed by atoms with Crippen molar-refractivity contribution in [1.29, 1.82) is 0 Å². The number of para-hydroxylation sites is 2. The van der Waals surface area contributed by atoms with E-state index in [2.05, 4.69) is 10.1 Å². The zero-order valence-corrected chi connectivity index (χ0v) is 14.7. The number of fused-ring (bicyclic) bond motifs is 1. The molecule has 0 radical (unpaired) electrons. The number of carbonyl (C=O) groups excluding carboxylic acids is 3. The average Bonchev–Trinajstić information content (AvgIpc) is 2.84. The number of benzene rings is 2. The van der Waals surface area contributed by atoms with Gasteiger partial charge in [0.05, 0.1) is 16.8 Å². The fourth-order valence-corrected chi connectivity index (χ4v) is 2.82. The largest absolute Gasteiger partial charge is 0.573 e. The molecule has 0 saturated heterocycles. The number of nitrogens with one attached hydrogen (secondary N) is 1. The van der Waals surface area contributed by atoms with Crippen molar-refractivity contribution in [3.05, 3.63) is 59.2 Å². The minimum atomic E-state index is -4.90. The van der Waals surface area contributed by atoms with E-state index in [4.69, 9.17) is 0 Å². The van der Waals surface area contributed by atoms with Gasteiger partial charge in [-0.15, -0.1) is 13.2 Å². The highest BCUT2D eigenvalue weighted by molar-refractivity contribution is 6.21. The Bertz CT molecular complexity index is 956. The molecule has 0 aromatic heterocycles. The monoisotopic (exact) mass is 392 g/mol. The van der Waals surface area contributed by atoms with E-state index in [0.717, 1.165) is 16.5 Å². The average molecular weight is 392 g/mol. The number of rotatable bonds is 5. The van der Waals surface area contributed by atoms with Gasteiger partial charge in [0.1, 0.15) is 0 Å². The van der Waals surface area contributed by atoms with Gasteiger partial charge in [-0.25, -0.2) is 0 Å². The maximum atomic E-state index is 12.4. The molecule has 3 rings (SSSR count). The molecule has 6 nitrogen and oxygen atoms in total. The van der Waals surface area contributed by atoms with Crippen LogP contribution in [0.3, 0.4) is 0 Å². The van der Waals surface area contributed by atoms with Crippen molar-refractivity contribution in [2.45, 2.75) is 19.7 Å². The number of halogens is 3. The summed E-state index contributed by atoms with van der Waals surface area (Å²) in [6, 6.07) is 9.94. The summed E-state index contributed by atoms with van der Waals surface area (Å²) in [5, 5.41) is 2.30. The van der Waals surface area contributed by atoms with Crippen LogP contribution in [0.1, 0.15) is 32.7 Å². The summed E-state index contributed by atoms with van der Waals surface area (Å²) in [5.74, 6) is -2.23. The lowest BCUT2D eigenvalue weighted by Gasteiger charge is -2.15. The van der Waals surface area contributed by atoms with Crippen molar-refractivity contribution in [2.24, 2.45) is 0 Å². The molecule has 28 heavy (non-hydrogen) atoms. The molecule has 1 aliphatic heterocycles. The van der Waals surface area contributed by atoms with Crippen LogP contribution in [0.2, 0.25) is 0 Å². The third-order valence-corrected chi connectivity index (χ3v) is 4.08. The quantitative estimate of drug-likeness (QED) is 0.790. The maximum Gasteiger partial charge on any atom is 0.573 e. The normalized spacial score (nSPS) is 13.5. The topological polar surface area (TPSA) is 75.7 Å². The van der Waals surface area contributed by atoms with Gasteiger partial charge in [0, 0.05) is 13.0 Å². The Morgan fingerprint density at radius 3 is 2.46 bits per heavy atom. The number of aryl methyl sites for hydroxylation is 1. The molecule has 0 bridgehead atoms. The highest BCUT2D eigenvalue weighted by Gasteiger charge is 2.35. The first-order valence-corrected chi connectivity index (χ1v) is 8.27. The number of hydrogen-bond donors (Lipinski definition) is 1. The number of amides is 3. The van der Waals surface area contributed by atoms with Crippen LogP contribution in [0, 0.1) is 6.92 Å². The van der Waals surface area contributed by atoms with Crippen molar-refractivity contribution in [3.63, 3.8) is 0 Å². The summed E-state index contributed by atoms with van der Waals surface area (Å²) < 4.78 is 41.2. The van der Waals surface area contributed by atoms with Gasteiger partial charge in [-0.05, 0) is 31.2 Å². The van der Waals surface area contributed by atoms with Gasteiger partial charge in [-0.3, -0.25) is 19.3 Å². The number of nitrogens with zero attached hydrogens (tertiary/aromatic N) is 1. The smallest absolute Gasteiger partial charge is 0.404 e. The summed E-state index contributed by atoms with van der Waals surface area (Å²) in [5.41, 5.74) is 1.19. The Morgan fingerprint density at radius 2 is 1.75 bits per heavy atom. The summed E-state index contributed by atoms with van der Waals surface area (Å²) >= 11 is 0. The second kappa shape index (κ2) is 7.34. The van der Waals surface area contributed by atoms with E-state index in [1.54, 1.807) is 25.1 Å². The van der Waals surface area contributed by atoms with Crippen molar-refractivity contribution in [1.82, 2.24) is 4.90 Å². The van der Waals surface area contributed by atoms with Crippen LogP contribution in [0.5, 0.6) is 5.75 Å². The number of alkyl halides is 3. The van der Waals surface area contributed by atoms with Gasteiger partial charge in [-0.2, -0.15) is 0 Å². The Labute approximate surface area is 157 Å². The molecule has 2 aromatic carbocycles. The predicted octanol–water partition coefficient (Wildman–Crippen LogP) is 3.52. The number of ether oxygens (including phenoxy) is 1. The lowest BCUT2D eigenvalue weighted by molar-refractivity contribution is -0.274. The van der Waals surface area contributed by atoms with Crippen LogP contribution >= 0.6 is 0 Å². The molecular weight excluding hydrogens is 377 g/mol. The van der Waals surface area contributed by atoms with E-state index in [1.807, 2.05) is 0 Å². The van der Waals surface area contributed by atoms with E-state index in [0.29, 0.717) is 0 Å². The summed E-state index contributed by atoms with van der Waals surface area (Å²) in [7, 11) is 0. The zero-order valence-electron chi connectivity index (χ0n) is 14.7. The summed E-state index contributed by atoms with van der Waals surface area (Å²) in [4.78, 5) is 37.8.